The van der Waals surface area contributed by atoms with Crippen LogP contribution in [0.3, 0.4) is 0 Å². The minimum absolute atomic E-state index is 0.144. The number of rotatable bonds is 6. The summed E-state index contributed by atoms with van der Waals surface area (Å²) in [4.78, 5) is 16.7. The van der Waals surface area contributed by atoms with Crippen molar-refractivity contribution < 1.29 is 22.7 Å². The molecule has 0 aliphatic carbocycles. The molecular weight excluding hydrogens is 395 g/mol. The number of anilines is 2. The zero-order chi connectivity index (χ0) is 21.7. The summed E-state index contributed by atoms with van der Waals surface area (Å²) in [6.07, 6.45) is -4.36. The van der Waals surface area contributed by atoms with E-state index in [1.165, 1.54) is 12.1 Å². The molecule has 8 heteroatoms. The Bertz CT molecular complexity index is 865. The van der Waals surface area contributed by atoms with E-state index in [0.29, 0.717) is 49.9 Å². The van der Waals surface area contributed by atoms with Crippen LogP contribution < -0.4 is 15.0 Å². The molecule has 5 nitrogen and oxygen atoms in total. The molecule has 0 spiro atoms. The zero-order valence-corrected chi connectivity index (χ0v) is 17.1. The maximum Gasteiger partial charge on any atom is 0.416 e. The summed E-state index contributed by atoms with van der Waals surface area (Å²) in [5.74, 6) is 0.476. The van der Waals surface area contributed by atoms with E-state index in [0.717, 1.165) is 6.07 Å². The molecule has 3 rings (SSSR count). The van der Waals surface area contributed by atoms with Gasteiger partial charge in [0.1, 0.15) is 5.75 Å². The van der Waals surface area contributed by atoms with Crippen LogP contribution in [0.25, 0.3) is 0 Å². The molecule has 0 aromatic heterocycles. The van der Waals surface area contributed by atoms with Crippen molar-refractivity contribution in [1.29, 1.82) is 0 Å². The summed E-state index contributed by atoms with van der Waals surface area (Å²) < 4.78 is 44.4. The highest BCUT2D eigenvalue weighted by Crippen LogP contribution is 2.32. The summed E-state index contributed by atoms with van der Waals surface area (Å²) >= 11 is 0. The van der Waals surface area contributed by atoms with E-state index in [4.69, 9.17) is 4.74 Å². The van der Waals surface area contributed by atoms with Crippen molar-refractivity contribution in [1.82, 2.24) is 4.90 Å². The number of alkyl halides is 3. The second-order valence-electron chi connectivity index (χ2n) is 7.17. The SMILES string of the molecule is CCOc1ccccc1NC(=O)[C@H](C)N1CCN(c2cccc(C(F)(F)F)c2)CC1. The molecular formula is C22H26F3N3O2. The largest absolute Gasteiger partial charge is 0.492 e. The third kappa shape index (κ3) is 5.24. The Balaban J connectivity index is 1.59. The van der Waals surface area contributed by atoms with Crippen LogP contribution in [0.4, 0.5) is 24.5 Å². The third-order valence-corrected chi connectivity index (χ3v) is 5.22. The van der Waals surface area contributed by atoms with Gasteiger partial charge in [-0.3, -0.25) is 9.69 Å². The summed E-state index contributed by atoms with van der Waals surface area (Å²) in [6.45, 7) is 6.47. The van der Waals surface area contributed by atoms with E-state index in [-0.39, 0.29) is 11.9 Å². The smallest absolute Gasteiger partial charge is 0.416 e. The van der Waals surface area contributed by atoms with Gasteiger partial charge in [-0.25, -0.2) is 0 Å². The van der Waals surface area contributed by atoms with Gasteiger partial charge in [0.2, 0.25) is 5.91 Å². The van der Waals surface area contributed by atoms with Gasteiger partial charge in [-0.1, -0.05) is 18.2 Å². The fraction of sp³-hybridized carbons (Fsp3) is 0.409. The van der Waals surface area contributed by atoms with E-state index in [1.807, 2.05) is 35.8 Å². The highest BCUT2D eigenvalue weighted by Gasteiger charge is 2.31. The Labute approximate surface area is 174 Å². The van der Waals surface area contributed by atoms with E-state index in [9.17, 15) is 18.0 Å². The minimum Gasteiger partial charge on any atom is -0.492 e. The van der Waals surface area contributed by atoms with Crippen LogP contribution in [0.2, 0.25) is 0 Å². The highest BCUT2D eigenvalue weighted by molar-refractivity contribution is 5.95. The van der Waals surface area contributed by atoms with Crippen LogP contribution in [0.5, 0.6) is 5.75 Å². The Morgan fingerprint density at radius 2 is 1.80 bits per heavy atom. The molecule has 1 aliphatic rings. The van der Waals surface area contributed by atoms with Crippen molar-refractivity contribution in [2.24, 2.45) is 0 Å². The summed E-state index contributed by atoms with van der Waals surface area (Å²) in [5.41, 5.74) is 0.522. The number of amides is 1. The van der Waals surface area contributed by atoms with Crippen LogP contribution in [0.15, 0.2) is 48.5 Å². The summed E-state index contributed by atoms with van der Waals surface area (Å²) in [5, 5.41) is 2.92. The van der Waals surface area contributed by atoms with E-state index < -0.39 is 11.7 Å². The number of ether oxygens (including phenoxy) is 1. The lowest BCUT2D eigenvalue weighted by Crippen LogP contribution is -2.52. The van der Waals surface area contributed by atoms with Crippen molar-refractivity contribution in [2.75, 3.05) is 43.0 Å². The molecule has 1 amide bonds. The van der Waals surface area contributed by atoms with Crippen LogP contribution in [-0.2, 0) is 11.0 Å². The first-order valence-corrected chi connectivity index (χ1v) is 9.98. The molecule has 1 heterocycles. The Kier molecular flexibility index (Phi) is 6.87. The molecule has 0 radical (unpaired) electrons. The monoisotopic (exact) mass is 421 g/mol. The zero-order valence-electron chi connectivity index (χ0n) is 17.1. The molecule has 2 aromatic rings. The fourth-order valence-electron chi connectivity index (χ4n) is 3.50. The molecule has 1 fully saturated rings. The van der Waals surface area contributed by atoms with Gasteiger partial charge < -0.3 is 15.0 Å². The second-order valence-corrected chi connectivity index (χ2v) is 7.17. The molecule has 2 aromatic carbocycles. The molecule has 1 aliphatic heterocycles. The number of nitrogens with one attached hydrogen (secondary N) is 1. The van der Waals surface area contributed by atoms with Gasteiger partial charge in [-0.05, 0) is 44.2 Å². The van der Waals surface area contributed by atoms with Crippen LogP contribution in [0, 0.1) is 0 Å². The Morgan fingerprint density at radius 1 is 1.10 bits per heavy atom. The van der Waals surface area contributed by atoms with Gasteiger partial charge in [-0.2, -0.15) is 13.2 Å². The van der Waals surface area contributed by atoms with Crippen molar-refractivity contribution in [3.05, 3.63) is 54.1 Å². The molecule has 0 bridgehead atoms. The predicted octanol–water partition coefficient (Wildman–Crippen LogP) is 4.25. The standard InChI is InChI=1S/C22H26F3N3O2/c1-3-30-20-10-5-4-9-19(20)26-21(29)16(2)27-11-13-28(14-12-27)18-8-6-7-17(15-18)22(23,24)25/h4-10,15-16H,3,11-14H2,1-2H3,(H,26,29)/t16-/m0/s1. The number of para-hydroxylation sites is 2. The van der Waals surface area contributed by atoms with E-state index in [1.54, 1.807) is 18.2 Å². The van der Waals surface area contributed by atoms with E-state index >= 15 is 0 Å². The predicted molar refractivity (Wildman–Crippen MR) is 111 cm³/mol. The first kappa shape index (κ1) is 22.0. The van der Waals surface area contributed by atoms with E-state index in [2.05, 4.69) is 5.32 Å². The van der Waals surface area contributed by atoms with Gasteiger partial charge in [0.05, 0.1) is 23.9 Å². The number of benzene rings is 2. The van der Waals surface area contributed by atoms with Crippen LogP contribution in [-0.4, -0.2) is 49.6 Å². The third-order valence-electron chi connectivity index (χ3n) is 5.22. The van der Waals surface area contributed by atoms with Crippen molar-refractivity contribution in [3.8, 4) is 5.75 Å². The van der Waals surface area contributed by atoms with Gasteiger partial charge in [0, 0.05) is 31.9 Å². The summed E-state index contributed by atoms with van der Waals surface area (Å²) in [6, 6.07) is 12.3. The van der Waals surface area contributed by atoms with Gasteiger partial charge in [0.25, 0.3) is 0 Å². The molecule has 0 saturated carbocycles. The van der Waals surface area contributed by atoms with Crippen molar-refractivity contribution >= 4 is 17.3 Å². The first-order valence-electron chi connectivity index (χ1n) is 9.98. The quantitative estimate of drug-likeness (QED) is 0.757. The van der Waals surface area contributed by atoms with Crippen LogP contribution >= 0.6 is 0 Å². The molecule has 1 atom stereocenters. The second kappa shape index (κ2) is 9.38. The number of carbonyl (C=O) groups excluding carboxylic acids is 1. The van der Waals surface area contributed by atoms with Crippen molar-refractivity contribution in [2.45, 2.75) is 26.1 Å². The van der Waals surface area contributed by atoms with Crippen molar-refractivity contribution in [3.63, 3.8) is 0 Å². The average molecular weight is 421 g/mol. The van der Waals surface area contributed by atoms with Gasteiger partial charge in [-0.15, -0.1) is 0 Å². The highest BCUT2D eigenvalue weighted by atomic mass is 19.4. The first-order chi connectivity index (χ1) is 14.3. The lowest BCUT2D eigenvalue weighted by atomic mass is 10.1. The topological polar surface area (TPSA) is 44.8 Å². The summed E-state index contributed by atoms with van der Waals surface area (Å²) in [7, 11) is 0. The molecule has 162 valence electrons. The number of nitrogens with zero attached hydrogens (tertiary/aromatic N) is 2. The number of hydrogen-bond donors (Lipinski definition) is 1. The Morgan fingerprint density at radius 3 is 2.47 bits per heavy atom. The fourth-order valence-corrected chi connectivity index (χ4v) is 3.50. The minimum atomic E-state index is -4.36. The maximum atomic E-state index is 13.0. The number of piperazine rings is 1. The number of hydrogen-bond acceptors (Lipinski definition) is 4. The normalized spacial score (nSPS) is 16.2. The lowest BCUT2D eigenvalue weighted by molar-refractivity contribution is -0.137. The van der Waals surface area contributed by atoms with Gasteiger partial charge >= 0.3 is 6.18 Å². The average Bonchev–Trinajstić information content (AvgIpc) is 2.74. The molecule has 1 N–H and O–H groups in total. The van der Waals surface area contributed by atoms with Gasteiger partial charge in [0.15, 0.2) is 0 Å². The maximum absolute atomic E-state index is 13.0. The number of carbonyl (C=O) groups is 1. The number of halogens is 3. The lowest BCUT2D eigenvalue weighted by Gasteiger charge is -2.38. The molecule has 0 unspecified atom stereocenters. The van der Waals surface area contributed by atoms with Crippen LogP contribution in [0.1, 0.15) is 19.4 Å². The molecule has 1 saturated heterocycles. The molecule has 30 heavy (non-hydrogen) atoms. The Hall–Kier alpha value is -2.74.